The SMILES string of the molecule is CC1(CO)Oc2cc(Cl)cc(C3=CCOCC3)c2NC1=O.Cc1ccc(N)cc1-c1cc2c(c(C3=CCOCC3)c1)NC(=O)C(C)(CO)O2.Cc1ccc(N)cc1-c1cc2c(c(C3CCOCC3)c1)NC(=O)C(C)(CO)O2. The first kappa shape index (κ1) is 54.8. The fourth-order valence-electron chi connectivity index (χ4n) is 9.98. The number of nitrogens with two attached hydrogens (primary N) is 2. The summed E-state index contributed by atoms with van der Waals surface area (Å²) >= 11 is 6.16. The zero-order valence-electron chi connectivity index (χ0n) is 43.9. The number of carbonyl (C=O) groups excluding carboxylic acids is 3. The summed E-state index contributed by atoms with van der Waals surface area (Å²) in [6, 6.07) is 23.1. The Kier molecular flexibility index (Phi) is 16.1. The molecule has 3 atom stereocenters. The Balaban J connectivity index is 0.000000142. The van der Waals surface area contributed by atoms with Crippen LogP contribution in [0.2, 0.25) is 5.02 Å². The van der Waals surface area contributed by atoms with Crippen LogP contribution in [-0.2, 0) is 28.6 Å². The van der Waals surface area contributed by atoms with E-state index in [0.29, 0.717) is 90.3 Å². The van der Waals surface area contributed by atoms with Crippen LogP contribution in [0.3, 0.4) is 0 Å². The molecule has 11 rings (SSSR count). The molecule has 0 radical (unpaired) electrons. The first-order chi connectivity index (χ1) is 36.8. The van der Waals surface area contributed by atoms with E-state index in [0.717, 1.165) is 86.9 Å². The highest BCUT2D eigenvalue weighted by Gasteiger charge is 2.44. The normalized spacial score (nSPS) is 22.6. The number of fused-ring (bicyclic) bond motifs is 3. The average molecular weight is 1070 g/mol. The van der Waals surface area contributed by atoms with Crippen LogP contribution >= 0.6 is 11.6 Å². The van der Waals surface area contributed by atoms with E-state index in [9.17, 15) is 29.7 Å². The van der Waals surface area contributed by atoms with Crippen molar-refractivity contribution < 1.29 is 58.1 Å². The lowest BCUT2D eigenvalue weighted by molar-refractivity contribution is -0.134. The highest BCUT2D eigenvalue weighted by Crippen LogP contribution is 2.48. The van der Waals surface area contributed by atoms with Gasteiger partial charge in [-0.25, -0.2) is 0 Å². The number of hydrogen-bond donors (Lipinski definition) is 8. The average Bonchev–Trinajstić information content (AvgIpc) is 3.45. The highest BCUT2D eigenvalue weighted by molar-refractivity contribution is 6.31. The number of carbonyl (C=O) groups is 3. The third-order valence-corrected chi connectivity index (χ3v) is 15.0. The number of aliphatic hydroxyl groups is 3. The molecule has 77 heavy (non-hydrogen) atoms. The van der Waals surface area contributed by atoms with Gasteiger partial charge in [0.25, 0.3) is 17.7 Å². The van der Waals surface area contributed by atoms with Crippen LogP contribution in [0.4, 0.5) is 28.4 Å². The lowest BCUT2D eigenvalue weighted by Gasteiger charge is -2.36. The minimum absolute atomic E-state index is 0.270. The van der Waals surface area contributed by atoms with Crippen molar-refractivity contribution in [3.8, 4) is 39.5 Å². The fraction of sp³-hybridized carbons (Fsp3) is 0.373. The summed E-state index contributed by atoms with van der Waals surface area (Å²) in [5.41, 5.74) is 22.6. The van der Waals surface area contributed by atoms with Gasteiger partial charge in [-0.15, -0.1) is 0 Å². The van der Waals surface area contributed by atoms with Crippen molar-refractivity contribution >= 4 is 68.9 Å². The Bertz CT molecular complexity index is 3190. The number of benzene rings is 5. The third kappa shape index (κ3) is 11.4. The molecule has 0 bridgehead atoms. The van der Waals surface area contributed by atoms with Crippen molar-refractivity contribution in [2.75, 3.05) is 86.9 Å². The number of amides is 3. The van der Waals surface area contributed by atoms with Crippen LogP contribution < -0.4 is 41.6 Å². The Hall–Kier alpha value is -6.96. The molecule has 0 spiro atoms. The van der Waals surface area contributed by atoms with Gasteiger partial charge in [0.15, 0.2) is 0 Å². The number of hydrogen-bond acceptors (Lipinski definition) is 14. The number of aryl methyl sites for hydroxylation is 2. The van der Waals surface area contributed by atoms with Gasteiger partial charge in [0.2, 0.25) is 16.8 Å². The first-order valence-electron chi connectivity index (χ1n) is 25.7. The van der Waals surface area contributed by atoms with E-state index in [2.05, 4.69) is 28.1 Å². The molecule has 1 fully saturated rings. The first-order valence-corrected chi connectivity index (χ1v) is 26.1. The zero-order valence-corrected chi connectivity index (χ0v) is 44.7. The maximum atomic E-state index is 12.6. The van der Waals surface area contributed by atoms with E-state index >= 15 is 0 Å². The second kappa shape index (κ2) is 22.6. The maximum Gasteiger partial charge on any atom is 0.270 e. The standard InChI is InChI=1S/C22H26N2O4.C22H24N2O4.C15H16ClNO4/c2*1-13-3-4-16(23)11-17(13)15-9-18(14-5-7-27-8-6-14)20-19(10-15)28-22(2,12-25)21(26)24-20;1-15(8-18)14(19)17-13-11(9-2-4-20-5-3-9)6-10(16)7-12(13)21-15/h3-4,9-11,14,25H,5-8,12,23H2,1-2H3,(H,24,26);3-5,9-11,25H,6-8,12,23H2,1-2H3,(H,24,26);2,6-7,18H,3-5,8H2,1H3,(H,17,19). The summed E-state index contributed by atoms with van der Waals surface area (Å²) in [7, 11) is 0. The minimum atomic E-state index is -1.32. The molecule has 0 saturated carbocycles. The van der Waals surface area contributed by atoms with Crippen LogP contribution in [0, 0.1) is 13.8 Å². The second-order valence-corrected chi connectivity index (χ2v) is 21.1. The van der Waals surface area contributed by atoms with Crippen LogP contribution in [0.25, 0.3) is 33.4 Å². The van der Waals surface area contributed by atoms with Gasteiger partial charge in [-0.3, -0.25) is 14.4 Å². The van der Waals surface area contributed by atoms with E-state index in [1.54, 1.807) is 26.8 Å². The maximum absolute atomic E-state index is 12.6. The zero-order chi connectivity index (χ0) is 54.8. The summed E-state index contributed by atoms with van der Waals surface area (Å²) in [6.45, 7) is 11.3. The summed E-state index contributed by atoms with van der Waals surface area (Å²) in [4.78, 5) is 37.3. The predicted molar refractivity (Wildman–Crippen MR) is 297 cm³/mol. The number of nitrogens with one attached hydrogen (secondary N) is 3. The predicted octanol–water partition coefficient (Wildman–Crippen LogP) is 8.58. The monoisotopic (exact) mass is 1070 g/mol. The number of rotatable bonds is 8. The van der Waals surface area contributed by atoms with Crippen molar-refractivity contribution in [1.82, 2.24) is 0 Å². The molecule has 3 unspecified atom stereocenters. The topological polar surface area (TPSA) is 255 Å². The van der Waals surface area contributed by atoms with E-state index in [1.165, 1.54) is 0 Å². The molecule has 5 aromatic rings. The Morgan fingerprint density at radius 3 is 1.43 bits per heavy atom. The minimum Gasteiger partial charge on any atom is -0.473 e. The van der Waals surface area contributed by atoms with Crippen LogP contribution in [0.5, 0.6) is 17.2 Å². The van der Waals surface area contributed by atoms with Crippen molar-refractivity contribution in [2.24, 2.45) is 0 Å². The lowest BCUT2D eigenvalue weighted by Crippen LogP contribution is -2.51. The van der Waals surface area contributed by atoms with Gasteiger partial charge in [-0.2, -0.15) is 0 Å². The molecule has 18 heteroatoms. The number of aliphatic hydroxyl groups excluding tert-OH is 3. The van der Waals surface area contributed by atoms with Crippen LogP contribution in [0.15, 0.2) is 84.9 Å². The molecule has 406 valence electrons. The third-order valence-electron chi connectivity index (χ3n) is 14.8. The van der Waals surface area contributed by atoms with E-state index in [1.807, 2.05) is 80.6 Å². The lowest BCUT2D eigenvalue weighted by atomic mass is 9.86. The molecule has 5 aromatic carbocycles. The molecule has 3 amide bonds. The van der Waals surface area contributed by atoms with Gasteiger partial charge in [-0.1, -0.05) is 35.9 Å². The second-order valence-electron chi connectivity index (χ2n) is 20.6. The van der Waals surface area contributed by atoms with Crippen molar-refractivity contribution in [1.29, 1.82) is 0 Å². The molecule has 0 aliphatic carbocycles. The van der Waals surface area contributed by atoms with Gasteiger partial charge in [-0.05, 0) is 171 Å². The molecular formula is C59H66ClN5O12. The molecule has 6 aliphatic heterocycles. The molecule has 1 saturated heterocycles. The molecule has 6 heterocycles. The van der Waals surface area contributed by atoms with Crippen molar-refractivity contribution in [3.05, 3.63) is 118 Å². The Morgan fingerprint density at radius 2 is 0.974 bits per heavy atom. The number of nitrogen functional groups attached to an aromatic ring is 2. The summed E-state index contributed by atoms with van der Waals surface area (Å²) in [5, 5.41) is 38.1. The van der Waals surface area contributed by atoms with E-state index in [4.69, 9.17) is 51.5 Å². The van der Waals surface area contributed by atoms with Gasteiger partial charge in [0.1, 0.15) is 17.2 Å². The van der Waals surface area contributed by atoms with Gasteiger partial charge in [0, 0.05) is 46.8 Å². The van der Waals surface area contributed by atoms with Crippen molar-refractivity contribution in [2.45, 2.75) is 83.0 Å². The van der Waals surface area contributed by atoms with Crippen molar-refractivity contribution in [3.63, 3.8) is 0 Å². The van der Waals surface area contributed by atoms with E-state index < -0.39 is 36.6 Å². The number of halogens is 1. The number of anilines is 5. The molecular weight excluding hydrogens is 1010 g/mol. The fourth-order valence-corrected chi connectivity index (χ4v) is 10.2. The smallest absolute Gasteiger partial charge is 0.270 e. The van der Waals surface area contributed by atoms with Gasteiger partial charge in [0.05, 0.1) is 63.3 Å². The summed E-state index contributed by atoms with van der Waals surface area (Å²) in [6.07, 6.45) is 7.28. The Morgan fingerprint density at radius 1 is 0.545 bits per heavy atom. The van der Waals surface area contributed by atoms with Gasteiger partial charge < -0.3 is 71.2 Å². The molecule has 17 nitrogen and oxygen atoms in total. The number of ether oxygens (including phenoxy) is 6. The molecule has 6 aliphatic rings. The van der Waals surface area contributed by atoms with E-state index in [-0.39, 0.29) is 23.6 Å². The highest BCUT2D eigenvalue weighted by atomic mass is 35.5. The molecule has 10 N–H and O–H groups in total. The summed E-state index contributed by atoms with van der Waals surface area (Å²) < 4.78 is 34.0. The van der Waals surface area contributed by atoms with Crippen LogP contribution in [-0.4, -0.2) is 109 Å². The van der Waals surface area contributed by atoms with Gasteiger partial charge >= 0.3 is 0 Å². The largest absolute Gasteiger partial charge is 0.473 e. The quantitative estimate of drug-likeness (QED) is 0.0678. The Labute approximate surface area is 452 Å². The summed E-state index contributed by atoms with van der Waals surface area (Å²) in [5.74, 6) is 0.809. The van der Waals surface area contributed by atoms with Crippen LogP contribution in [0.1, 0.15) is 80.2 Å². The molecule has 0 aromatic heterocycles.